The number of anilines is 1. The molecule has 1 aromatic rings. The number of para-hydroxylation sites is 1. The number of nitrogens with zero attached hydrogens (tertiary/aromatic N) is 2. The first-order chi connectivity index (χ1) is 15.2. The molecule has 172 valence electrons. The molecule has 2 aliphatic rings. The molecule has 10 heteroatoms. The van der Waals surface area contributed by atoms with Gasteiger partial charge in [-0.05, 0) is 31.9 Å². The SMILES string of the molecule is C[C@@H](C(=O)OCC(=O)N(C)CC(=O)Nc1ccccc1Cl)N1C(=O)C2CCCCC2C1=O. The van der Waals surface area contributed by atoms with Crippen molar-refractivity contribution in [3.05, 3.63) is 29.3 Å². The molecule has 1 aromatic carbocycles. The fraction of sp³-hybridized carbons (Fsp3) is 0.500. The van der Waals surface area contributed by atoms with Crippen molar-refractivity contribution in [2.24, 2.45) is 11.8 Å². The number of hydrogen-bond acceptors (Lipinski definition) is 6. The summed E-state index contributed by atoms with van der Waals surface area (Å²) in [5.41, 5.74) is 0.417. The van der Waals surface area contributed by atoms with Gasteiger partial charge in [-0.2, -0.15) is 0 Å². The lowest BCUT2D eigenvalue weighted by Crippen LogP contribution is -2.45. The molecule has 3 rings (SSSR count). The van der Waals surface area contributed by atoms with Gasteiger partial charge < -0.3 is 15.0 Å². The molecule has 1 saturated carbocycles. The Hall–Kier alpha value is -2.94. The van der Waals surface area contributed by atoms with Crippen molar-refractivity contribution in [1.29, 1.82) is 0 Å². The fourth-order valence-electron chi connectivity index (χ4n) is 4.09. The zero-order valence-electron chi connectivity index (χ0n) is 18.0. The minimum atomic E-state index is -1.11. The van der Waals surface area contributed by atoms with Crippen LogP contribution in [0.25, 0.3) is 0 Å². The summed E-state index contributed by atoms with van der Waals surface area (Å²) in [6, 6.07) is 5.57. The van der Waals surface area contributed by atoms with E-state index in [-0.39, 0.29) is 30.2 Å². The number of halogens is 1. The van der Waals surface area contributed by atoms with Gasteiger partial charge >= 0.3 is 5.97 Å². The lowest BCUT2D eigenvalue weighted by atomic mass is 9.81. The summed E-state index contributed by atoms with van der Waals surface area (Å²) in [6.07, 6.45) is 3.07. The van der Waals surface area contributed by atoms with Gasteiger partial charge in [0.15, 0.2) is 6.61 Å². The summed E-state index contributed by atoms with van der Waals surface area (Å²) in [6.45, 7) is 0.534. The zero-order valence-corrected chi connectivity index (χ0v) is 18.8. The second kappa shape index (κ2) is 10.1. The Balaban J connectivity index is 1.49. The highest BCUT2D eigenvalue weighted by Gasteiger charge is 2.51. The van der Waals surface area contributed by atoms with Crippen LogP contribution >= 0.6 is 11.6 Å². The monoisotopic (exact) mass is 463 g/mol. The quantitative estimate of drug-likeness (QED) is 0.487. The lowest BCUT2D eigenvalue weighted by molar-refractivity contribution is -0.161. The number of hydrogen-bond donors (Lipinski definition) is 1. The van der Waals surface area contributed by atoms with E-state index in [1.807, 2.05) is 0 Å². The molecule has 1 saturated heterocycles. The maximum absolute atomic E-state index is 12.6. The Labute approximate surface area is 191 Å². The van der Waals surface area contributed by atoms with Gasteiger partial charge in [0.05, 0.1) is 29.1 Å². The van der Waals surface area contributed by atoms with Gasteiger partial charge in [-0.15, -0.1) is 0 Å². The van der Waals surface area contributed by atoms with Crippen LogP contribution in [0.2, 0.25) is 5.02 Å². The molecule has 1 aliphatic carbocycles. The molecule has 32 heavy (non-hydrogen) atoms. The molecule has 0 radical (unpaired) electrons. The van der Waals surface area contributed by atoms with Crippen molar-refractivity contribution < 1.29 is 28.7 Å². The van der Waals surface area contributed by atoms with Crippen LogP contribution in [0.3, 0.4) is 0 Å². The normalized spacial score (nSPS) is 21.0. The first kappa shape index (κ1) is 23.7. The summed E-state index contributed by atoms with van der Waals surface area (Å²) < 4.78 is 5.04. The minimum Gasteiger partial charge on any atom is -0.454 e. The maximum Gasteiger partial charge on any atom is 0.329 e. The Morgan fingerprint density at radius 2 is 1.75 bits per heavy atom. The van der Waals surface area contributed by atoms with Crippen LogP contribution in [0.4, 0.5) is 5.69 Å². The van der Waals surface area contributed by atoms with E-state index in [9.17, 15) is 24.0 Å². The molecule has 0 bridgehead atoms. The number of esters is 1. The van der Waals surface area contributed by atoms with E-state index < -0.39 is 30.4 Å². The number of nitrogens with one attached hydrogen (secondary N) is 1. The molecule has 4 amide bonds. The number of fused-ring (bicyclic) bond motifs is 1. The summed E-state index contributed by atoms with van der Waals surface area (Å²) in [7, 11) is 1.39. The van der Waals surface area contributed by atoms with Crippen LogP contribution in [0.15, 0.2) is 24.3 Å². The highest BCUT2D eigenvalue weighted by molar-refractivity contribution is 6.33. The van der Waals surface area contributed by atoms with E-state index in [0.717, 1.165) is 22.6 Å². The smallest absolute Gasteiger partial charge is 0.329 e. The first-order valence-electron chi connectivity index (χ1n) is 10.5. The van der Waals surface area contributed by atoms with Gasteiger partial charge in [0.25, 0.3) is 5.91 Å². The molecule has 1 N–H and O–H groups in total. The van der Waals surface area contributed by atoms with Crippen molar-refractivity contribution in [1.82, 2.24) is 9.80 Å². The van der Waals surface area contributed by atoms with E-state index in [1.165, 1.54) is 14.0 Å². The number of rotatable bonds is 7. The van der Waals surface area contributed by atoms with E-state index in [4.69, 9.17) is 16.3 Å². The number of ether oxygens (including phenoxy) is 1. The molecule has 0 spiro atoms. The molecule has 0 aromatic heterocycles. The molecule has 3 atom stereocenters. The largest absolute Gasteiger partial charge is 0.454 e. The fourth-order valence-corrected chi connectivity index (χ4v) is 4.28. The second-order valence-electron chi connectivity index (χ2n) is 8.11. The number of carbonyl (C=O) groups is 5. The van der Waals surface area contributed by atoms with E-state index in [0.29, 0.717) is 23.6 Å². The molecule has 2 fully saturated rings. The van der Waals surface area contributed by atoms with Crippen LogP contribution < -0.4 is 5.32 Å². The van der Waals surface area contributed by atoms with Crippen molar-refractivity contribution in [3.63, 3.8) is 0 Å². The van der Waals surface area contributed by atoms with Crippen molar-refractivity contribution >= 4 is 46.9 Å². The molecule has 9 nitrogen and oxygen atoms in total. The van der Waals surface area contributed by atoms with Crippen molar-refractivity contribution in [2.45, 2.75) is 38.6 Å². The number of likely N-dealkylation sites (N-methyl/N-ethyl adjacent to an activating group) is 1. The molecule has 1 aliphatic heterocycles. The number of likely N-dealkylation sites (tertiary alicyclic amines) is 1. The number of amides is 4. The topological polar surface area (TPSA) is 113 Å². The molecular formula is C22H26ClN3O6. The number of benzene rings is 1. The minimum absolute atomic E-state index is 0.274. The van der Waals surface area contributed by atoms with Gasteiger partial charge in [-0.3, -0.25) is 24.1 Å². The summed E-state index contributed by atoms with van der Waals surface area (Å²) >= 11 is 5.99. The van der Waals surface area contributed by atoms with Gasteiger partial charge in [0.2, 0.25) is 17.7 Å². The maximum atomic E-state index is 12.6. The third kappa shape index (κ3) is 5.09. The number of imide groups is 1. The van der Waals surface area contributed by atoms with Crippen LogP contribution in [-0.4, -0.2) is 65.6 Å². The summed E-state index contributed by atoms with van der Waals surface area (Å²) in [5.74, 6) is -3.33. The lowest BCUT2D eigenvalue weighted by Gasteiger charge is -2.22. The number of carbonyl (C=O) groups excluding carboxylic acids is 5. The molecule has 2 unspecified atom stereocenters. The molecule has 1 heterocycles. The van der Waals surface area contributed by atoms with Gasteiger partial charge in [0, 0.05) is 7.05 Å². The van der Waals surface area contributed by atoms with Crippen molar-refractivity contribution in [2.75, 3.05) is 25.5 Å². The Morgan fingerprint density at radius 3 is 2.34 bits per heavy atom. The average molecular weight is 464 g/mol. The van der Waals surface area contributed by atoms with Crippen LogP contribution in [0.5, 0.6) is 0 Å². The Kier molecular flexibility index (Phi) is 7.50. The van der Waals surface area contributed by atoms with Gasteiger partial charge in [-0.25, -0.2) is 4.79 Å². The zero-order chi connectivity index (χ0) is 23.4. The van der Waals surface area contributed by atoms with E-state index >= 15 is 0 Å². The summed E-state index contributed by atoms with van der Waals surface area (Å²) in [5, 5.41) is 2.96. The summed E-state index contributed by atoms with van der Waals surface area (Å²) in [4.78, 5) is 64.1. The van der Waals surface area contributed by atoms with Gasteiger partial charge in [-0.1, -0.05) is 36.6 Å². The Morgan fingerprint density at radius 1 is 1.16 bits per heavy atom. The average Bonchev–Trinajstić information content (AvgIpc) is 3.03. The first-order valence-corrected chi connectivity index (χ1v) is 10.9. The van der Waals surface area contributed by atoms with E-state index in [1.54, 1.807) is 24.3 Å². The highest BCUT2D eigenvalue weighted by Crippen LogP contribution is 2.38. The predicted octanol–water partition coefficient (Wildman–Crippen LogP) is 1.84. The third-order valence-corrected chi connectivity index (χ3v) is 6.23. The highest BCUT2D eigenvalue weighted by atomic mass is 35.5. The Bertz CT molecular complexity index is 912. The predicted molar refractivity (Wildman–Crippen MR) is 115 cm³/mol. The third-order valence-electron chi connectivity index (χ3n) is 5.90. The van der Waals surface area contributed by atoms with Crippen LogP contribution in [0.1, 0.15) is 32.6 Å². The van der Waals surface area contributed by atoms with Crippen LogP contribution in [-0.2, 0) is 28.7 Å². The van der Waals surface area contributed by atoms with Crippen molar-refractivity contribution in [3.8, 4) is 0 Å². The van der Waals surface area contributed by atoms with E-state index in [2.05, 4.69) is 5.32 Å². The van der Waals surface area contributed by atoms with Gasteiger partial charge in [0.1, 0.15) is 6.04 Å². The van der Waals surface area contributed by atoms with Crippen LogP contribution in [0, 0.1) is 11.8 Å². The standard InChI is InChI=1S/C22H26ClN3O6/c1-13(26-20(29)14-7-3-4-8-15(14)21(26)30)22(31)32-12-19(28)25(2)11-18(27)24-17-10-6-5-9-16(17)23/h5-6,9-10,13-15H,3-4,7-8,11-12H2,1-2H3,(H,24,27)/t13-,14?,15?/m0/s1. The molecular weight excluding hydrogens is 438 g/mol. The second-order valence-corrected chi connectivity index (χ2v) is 8.51.